The third-order valence-corrected chi connectivity index (χ3v) is 4.22. The molecule has 1 aliphatic heterocycles. The van der Waals surface area contributed by atoms with Crippen LogP contribution in [-0.2, 0) is 4.79 Å². The van der Waals surface area contributed by atoms with Crippen molar-refractivity contribution in [1.82, 2.24) is 10.2 Å². The molecule has 4 heteroatoms. The zero-order valence-electron chi connectivity index (χ0n) is 13.3. The summed E-state index contributed by atoms with van der Waals surface area (Å²) in [6, 6.07) is 8.47. The van der Waals surface area contributed by atoms with E-state index in [1.54, 1.807) is 7.11 Å². The summed E-state index contributed by atoms with van der Waals surface area (Å²) in [4.78, 5) is 14.5. The van der Waals surface area contributed by atoms with E-state index in [-0.39, 0.29) is 11.8 Å². The van der Waals surface area contributed by atoms with Crippen molar-refractivity contribution >= 4 is 5.91 Å². The predicted octanol–water partition coefficient (Wildman–Crippen LogP) is 2.40. The summed E-state index contributed by atoms with van der Waals surface area (Å²) in [6.07, 6.45) is 1.56. The van der Waals surface area contributed by atoms with Crippen molar-refractivity contribution in [3.05, 3.63) is 29.8 Å². The highest BCUT2D eigenvalue weighted by Crippen LogP contribution is 2.26. The molecule has 1 amide bonds. The average Bonchev–Trinajstić information content (AvgIpc) is 2.52. The third kappa shape index (κ3) is 4.21. The van der Waals surface area contributed by atoms with E-state index in [0.29, 0.717) is 12.5 Å². The molecule has 1 heterocycles. The normalized spacial score (nSPS) is 20.1. The fraction of sp³-hybridized carbons (Fsp3) is 0.588. The van der Waals surface area contributed by atoms with Crippen LogP contribution in [0.1, 0.15) is 38.2 Å². The molecule has 0 spiro atoms. The smallest absolute Gasteiger partial charge is 0.223 e. The molecule has 0 bridgehead atoms. The van der Waals surface area contributed by atoms with Gasteiger partial charge in [-0.05, 0) is 37.0 Å². The number of methoxy groups -OCH3 is 1. The fourth-order valence-corrected chi connectivity index (χ4v) is 2.87. The lowest BCUT2D eigenvalue weighted by atomic mass is 9.92. The van der Waals surface area contributed by atoms with Gasteiger partial charge in [-0.2, -0.15) is 0 Å². The van der Waals surface area contributed by atoms with Gasteiger partial charge in [0.1, 0.15) is 5.75 Å². The fourth-order valence-electron chi connectivity index (χ4n) is 2.87. The molecule has 1 aromatic carbocycles. The maximum Gasteiger partial charge on any atom is 0.223 e. The lowest BCUT2D eigenvalue weighted by molar-refractivity contribution is -0.132. The van der Waals surface area contributed by atoms with Gasteiger partial charge in [0.15, 0.2) is 0 Å². The molecule has 1 fully saturated rings. The Morgan fingerprint density at radius 3 is 2.71 bits per heavy atom. The van der Waals surface area contributed by atoms with Gasteiger partial charge in [-0.3, -0.25) is 4.79 Å². The highest BCUT2D eigenvalue weighted by atomic mass is 16.5. The van der Waals surface area contributed by atoms with Crippen molar-refractivity contribution in [2.75, 3.05) is 26.7 Å². The van der Waals surface area contributed by atoms with Crippen LogP contribution in [0.3, 0.4) is 0 Å². The maximum atomic E-state index is 12.5. The standard InChI is InChI=1S/C17H26N2O2/c1-4-14(15-5-7-16(21-3)8-6-15)11-17(20)19-10-9-18-13(2)12-19/h5-8,13-14,18H,4,9-12H2,1-3H3/t13-,14?/m1/s1. The van der Waals surface area contributed by atoms with Crippen LogP contribution in [0.5, 0.6) is 5.75 Å². The molecule has 1 unspecified atom stereocenters. The second-order valence-corrected chi connectivity index (χ2v) is 5.78. The summed E-state index contributed by atoms with van der Waals surface area (Å²) in [6.45, 7) is 6.80. The molecule has 2 atom stereocenters. The monoisotopic (exact) mass is 290 g/mol. The first kappa shape index (κ1) is 15.8. The molecular formula is C17H26N2O2. The number of rotatable bonds is 5. The maximum absolute atomic E-state index is 12.5. The van der Waals surface area contributed by atoms with Crippen molar-refractivity contribution in [2.45, 2.75) is 38.6 Å². The number of nitrogens with zero attached hydrogens (tertiary/aromatic N) is 1. The zero-order valence-corrected chi connectivity index (χ0v) is 13.3. The molecule has 0 aromatic heterocycles. The Hall–Kier alpha value is -1.55. The van der Waals surface area contributed by atoms with Gasteiger partial charge >= 0.3 is 0 Å². The lowest BCUT2D eigenvalue weighted by Gasteiger charge is -2.33. The van der Waals surface area contributed by atoms with Gasteiger partial charge in [-0.1, -0.05) is 19.1 Å². The number of carbonyl (C=O) groups excluding carboxylic acids is 1. The Bertz CT molecular complexity index is 458. The number of piperazine rings is 1. The van der Waals surface area contributed by atoms with Gasteiger partial charge in [0.05, 0.1) is 7.11 Å². The van der Waals surface area contributed by atoms with E-state index in [1.807, 2.05) is 17.0 Å². The number of hydrogen-bond acceptors (Lipinski definition) is 3. The van der Waals surface area contributed by atoms with Gasteiger partial charge < -0.3 is 15.0 Å². The zero-order chi connectivity index (χ0) is 15.2. The Morgan fingerprint density at radius 1 is 1.43 bits per heavy atom. The molecule has 21 heavy (non-hydrogen) atoms. The first-order valence-electron chi connectivity index (χ1n) is 7.79. The first-order chi connectivity index (χ1) is 10.1. The number of hydrogen-bond donors (Lipinski definition) is 1. The van der Waals surface area contributed by atoms with Crippen LogP contribution in [-0.4, -0.2) is 43.6 Å². The van der Waals surface area contributed by atoms with Gasteiger partial charge in [0, 0.05) is 32.1 Å². The lowest BCUT2D eigenvalue weighted by Crippen LogP contribution is -2.51. The Kier molecular flexibility index (Phi) is 5.62. The summed E-state index contributed by atoms with van der Waals surface area (Å²) in [5, 5.41) is 3.37. The number of benzene rings is 1. The van der Waals surface area contributed by atoms with Gasteiger partial charge in [-0.25, -0.2) is 0 Å². The number of nitrogens with one attached hydrogen (secondary N) is 1. The summed E-state index contributed by atoms with van der Waals surface area (Å²) in [5.41, 5.74) is 1.22. The number of amides is 1. The van der Waals surface area contributed by atoms with Crippen molar-refractivity contribution < 1.29 is 9.53 Å². The van der Waals surface area contributed by atoms with Crippen molar-refractivity contribution in [3.63, 3.8) is 0 Å². The average molecular weight is 290 g/mol. The molecule has 1 aliphatic rings. The number of carbonyl (C=O) groups is 1. The molecule has 4 nitrogen and oxygen atoms in total. The molecule has 1 N–H and O–H groups in total. The van der Waals surface area contributed by atoms with E-state index < -0.39 is 0 Å². The van der Waals surface area contributed by atoms with E-state index in [0.717, 1.165) is 31.8 Å². The van der Waals surface area contributed by atoms with E-state index in [1.165, 1.54) is 5.56 Å². The predicted molar refractivity (Wildman–Crippen MR) is 84.7 cm³/mol. The van der Waals surface area contributed by atoms with Crippen molar-refractivity contribution in [1.29, 1.82) is 0 Å². The Morgan fingerprint density at radius 2 is 2.14 bits per heavy atom. The Labute approximate surface area is 127 Å². The molecule has 0 radical (unpaired) electrons. The molecule has 116 valence electrons. The largest absolute Gasteiger partial charge is 0.497 e. The molecule has 1 aromatic rings. The SMILES string of the molecule is CCC(CC(=O)N1CCN[C@H](C)C1)c1ccc(OC)cc1. The topological polar surface area (TPSA) is 41.6 Å². The highest BCUT2D eigenvalue weighted by molar-refractivity contribution is 5.77. The summed E-state index contributed by atoms with van der Waals surface area (Å²) in [5.74, 6) is 1.41. The van der Waals surface area contributed by atoms with Crippen LogP contribution in [0, 0.1) is 0 Å². The highest BCUT2D eigenvalue weighted by Gasteiger charge is 2.23. The molecule has 1 saturated heterocycles. The van der Waals surface area contributed by atoms with Gasteiger partial charge in [0.25, 0.3) is 0 Å². The molecule has 2 rings (SSSR count). The van der Waals surface area contributed by atoms with Crippen molar-refractivity contribution in [3.8, 4) is 5.75 Å². The van der Waals surface area contributed by atoms with Crippen molar-refractivity contribution in [2.24, 2.45) is 0 Å². The minimum atomic E-state index is 0.269. The second kappa shape index (κ2) is 7.46. The van der Waals surface area contributed by atoms with Crippen LogP contribution in [0.2, 0.25) is 0 Å². The summed E-state index contributed by atoms with van der Waals surface area (Å²) < 4.78 is 5.19. The first-order valence-corrected chi connectivity index (χ1v) is 7.79. The van der Waals surface area contributed by atoms with Gasteiger partial charge in [-0.15, -0.1) is 0 Å². The van der Waals surface area contributed by atoms with E-state index in [9.17, 15) is 4.79 Å². The molecular weight excluding hydrogens is 264 g/mol. The van der Waals surface area contributed by atoms with E-state index in [2.05, 4.69) is 31.3 Å². The Balaban J connectivity index is 1.98. The number of ether oxygens (including phenoxy) is 1. The third-order valence-electron chi connectivity index (χ3n) is 4.22. The van der Waals surface area contributed by atoms with Crippen LogP contribution < -0.4 is 10.1 Å². The summed E-state index contributed by atoms with van der Waals surface area (Å²) in [7, 11) is 1.67. The minimum absolute atomic E-state index is 0.269. The molecule has 0 aliphatic carbocycles. The molecule has 0 saturated carbocycles. The second-order valence-electron chi connectivity index (χ2n) is 5.78. The van der Waals surface area contributed by atoms with Crippen LogP contribution in [0.25, 0.3) is 0 Å². The minimum Gasteiger partial charge on any atom is -0.497 e. The van der Waals surface area contributed by atoms with Gasteiger partial charge in [0.2, 0.25) is 5.91 Å². The van der Waals surface area contributed by atoms with Crippen LogP contribution in [0.15, 0.2) is 24.3 Å². The van der Waals surface area contributed by atoms with E-state index in [4.69, 9.17) is 4.74 Å². The quantitative estimate of drug-likeness (QED) is 0.905. The summed E-state index contributed by atoms with van der Waals surface area (Å²) >= 11 is 0. The van der Waals surface area contributed by atoms with E-state index >= 15 is 0 Å². The van der Waals surface area contributed by atoms with Crippen LogP contribution in [0.4, 0.5) is 0 Å². The van der Waals surface area contributed by atoms with Crippen LogP contribution >= 0.6 is 0 Å².